The summed E-state index contributed by atoms with van der Waals surface area (Å²) in [6.07, 6.45) is 2.78. The van der Waals surface area contributed by atoms with Gasteiger partial charge in [0.1, 0.15) is 16.8 Å². The number of fused-ring (bicyclic) bond motifs is 1. The van der Waals surface area contributed by atoms with Crippen LogP contribution in [-0.2, 0) is 6.54 Å². The summed E-state index contributed by atoms with van der Waals surface area (Å²) in [6.45, 7) is 4.30. The molecule has 1 fully saturated rings. The maximum absolute atomic E-state index is 13.3. The van der Waals surface area contributed by atoms with Gasteiger partial charge in [-0.05, 0) is 24.1 Å². The number of carbonyl (C=O) groups is 1. The van der Waals surface area contributed by atoms with Gasteiger partial charge in [0.2, 0.25) is 0 Å². The van der Waals surface area contributed by atoms with Crippen molar-refractivity contribution in [1.29, 1.82) is 0 Å². The molecule has 10 nitrogen and oxygen atoms in total. The SMILES string of the molecule is Cc1c(C(=O)N2CCN(c3ccc([N+](=O)[O-])cn3)CC2)sc2ncn(Cc3ccccc3)c(=O)c12. The van der Waals surface area contributed by atoms with Crippen LogP contribution in [0.25, 0.3) is 10.2 Å². The number of aryl methyl sites for hydroxylation is 1. The molecule has 11 heteroatoms. The number of thiophene rings is 1. The largest absolute Gasteiger partial charge is 0.353 e. The van der Waals surface area contributed by atoms with Crippen molar-refractivity contribution in [3.8, 4) is 0 Å². The standard InChI is InChI=1S/C24H22N6O4S/c1-16-20-22(26-15-29(23(20)31)14-17-5-3-2-4-6-17)35-21(16)24(32)28-11-9-27(10-12-28)19-8-7-18(13-25-19)30(33)34/h2-8,13,15H,9-12,14H2,1H3. The van der Waals surface area contributed by atoms with Crippen molar-refractivity contribution in [2.75, 3.05) is 31.1 Å². The van der Waals surface area contributed by atoms with Gasteiger partial charge in [0, 0.05) is 32.2 Å². The molecule has 0 atom stereocenters. The molecular weight excluding hydrogens is 468 g/mol. The Labute approximate surface area is 204 Å². The van der Waals surface area contributed by atoms with Crippen molar-refractivity contribution in [1.82, 2.24) is 19.4 Å². The average Bonchev–Trinajstić information content (AvgIpc) is 3.23. The maximum atomic E-state index is 13.3. The van der Waals surface area contributed by atoms with E-state index in [1.807, 2.05) is 35.2 Å². The Bertz CT molecular complexity index is 1460. The van der Waals surface area contributed by atoms with Crippen LogP contribution in [0.2, 0.25) is 0 Å². The number of carbonyl (C=O) groups excluding carboxylic acids is 1. The molecule has 5 rings (SSSR count). The molecular formula is C24H22N6O4S. The van der Waals surface area contributed by atoms with Crippen LogP contribution in [0.15, 0.2) is 59.8 Å². The van der Waals surface area contributed by atoms with Crippen LogP contribution in [0.4, 0.5) is 11.5 Å². The first-order valence-electron chi connectivity index (χ1n) is 11.1. The Hall–Kier alpha value is -4.12. The number of hydrogen-bond acceptors (Lipinski definition) is 8. The van der Waals surface area contributed by atoms with E-state index in [1.165, 1.54) is 29.9 Å². The van der Waals surface area contributed by atoms with Gasteiger partial charge in [-0.15, -0.1) is 11.3 Å². The van der Waals surface area contributed by atoms with E-state index in [0.29, 0.717) is 59.2 Å². The minimum absolute atomic E-state index is 0.0563. The van der Waals surface area contributed by atoms with Gasteiger partial charge >= 0.3 is 0 Å². The number of aromatic nitrogens is 3. The summed E-state index contributed by atoms with van der Waals surface area (Å²) in [5.41, 5.74) is 1.45. The zero-order valence-corrected chi connectivity index (χ0v) is 19.8. The topological polar surface area (TPSA) is 114 Å². The van der Waals surface area contributed by atoms with Crippen LogP contribution in [-0.4, -0.2) is 56.4 Å². The minimum atomic E-state index is -0.480. The highest BCUT2D eigenvalue weighted by molar-refractivity contribution is 7.20. The molecule has 0 radical (unpaired) electrons. The summed E-state index contributed by atoms with van der Waals surface area (Å²) in [5.74, 6) is 0.528. The minimum Gasteiger partial charge on any atom is -0.353 e. The molecule has 0 unspecified atom stereocenters. The van der Waals surface area contributed by atoms with Gasteiger partial charge in [-0.3, -0.25) is 24.3 Å². The van der Waals surface area contributed by atoms with Gasteiger partial charge in [0.25, 0.3) is 17.2 Å². The van der Waals surface area contributed by atoms with Crippen LogP contribution in [0.1, 0.15) is 20.8 Å². The van der Waals surface area contributed by atoms with E-state index in [9.17, 15) is 19.7 Å². The molecule has 1 amide bonds. The Kier molecular flexibility index (Phi) is 6.00. The van der Waals surface area contributed by atoms with E-state index in [-0.39, 0.29) is 17.2 Å². The number of rotatable bonds is 5. The van der Waals surface area contributed by atoms with Crippen LogP contribution >= 0.6 is 11.3 Å². The van der Waals surface area contributed by atoms with Crippen molar-refractivity contribution in [3.63, 3.8) is 0 Å². The zero-order chi connectivity index (χ0) is 24.5. The van der Waals surface area contributed by atoms with Crippen molar-refractivity contribution in [3.05, 3.63) is 91.5 Å². The second-order valence-corrected chi connectivity index (χ2v) is 9.31. The van der Waals surface area contributed by atoms with E-state index in [4.69, 9.17) is 0 Å². The van der Waals surface area contributed by atoms with Gasteiger partial charge in [-0.25, -0.2) is 9.97 Å². The molecule has 1 saturated heterocycles. The summed E-state index contributed by atoms with van der Waals surface area (Å²) < 4.78 is 1.57. The Morgan fingerprint density at radius 2 is 1.83 bits per heavy atom. The summed E-state index contributed by atoms with van der Waals surface area (Å²) in [4.78, 5) is 50.4. The molecule has 0 N–H and O–H groups in total. The highest BCUT2D eigenvalue weighted by Crippen LogP contribution is 2.29. The lowest BCUT2D eigenvalue weighted by Gasteiger charge is -2.35. The van der Waals surface area contributed by atoms with E-state index in [2.05, 4.69) is 9.97 Å². The number of piperazine rings is 1. The van der Waals surface area contributed by atoms with Gasteiger partial charge in [0.15, 0.2) is 0 Å². The number of nitrogens with zero attached hydrogens (tertiary/aromatic N) is 6. The van der Waals surface area contributed by atoms with E-state index >= 15 is 0 Å². The van der Waals surface area contributed by atoms with E-state index in [1.54, 1.807) is 22.5 Å². The first-order chi connectivity index (χ1) is 16.9. The lowest BCUT2D eigenvalue weighted by atomic mass is 10.2. The lowest BCUT2D eigenvalue weighted by molar-refractivity contribution is -0.385. The summed E-state index contributed by atoms with van der Waals surface area (Å²) in [5, 5.41) is 11.3. The smallest absolute Gasteiger partial charge is 0.287 e. The molecule has 0 aliphatic carbocycles. The summed E-state index contributed by atoms with van der Waals surface area (Å²) in [6, 6.07) is 12.7. The molecule has 178 valence electrons. The number of anilines is 1. The fourth-order valence-electron chi connectivity index (χ4n) is 4.21. The maximum Gasteiger partial charge on any atom is 0.287 e. The number of amides is 1. The predicted molar refractivity (Wildman–Crippen MR) is 133 cm³/mol. The number of nitro groups is 1. The molecule has 0 saturated carbocycles. The Morgan fingerprint density at radius 3 is 2.49 bits per heavy atom. The molecule has 3 aromatic heterocycles. The van der Waals surface area contributed by atoms with Gasteiger partial charge < -0.3 is 9.80 Å². The Balaban J connectivity index is 1.33. The van der Waals surface area contributed by atoms with Crippen LogP contribution < -0.4 is 10.5 Å². The quantitative estimate of drug-likeness (QED) is 0.312. The first kappa shape index (κ1) is 22.7. The number of pyridine rings is 1. The summed E-state index contributed by atoms with van der Waals surface area (Å²) >= 11 is 1.25. The molecule has 1 aliphatic heterocycles. The third-order valence-corrected chi connectivity index (χ3v) is 7.33. The second-order valence-electron chi connectivity index (χ2n) is 8.31. The van der Waals surface area contributed by atoms with Gasteiger partial charge in [-0.2, -0.15) is 0 Å². The number of benzene rings is 1. The summed E-state index contributed by atoms with van der Waals surface area (Å²) in [7, 11) is 0. The molecule has 35 heavy (non-hydrogen) atoms. The van der Waals surface area contributed by atoms with Crippen molar-refractivity contribution >= 4 is 39.0 Å². The predicted octanol–water partition coefficient (Wildman–Crippen LogP) is 3.08. The van der Waals surface area contributed by atoms with Crippen LogP contribution in [0.3, 0.4) is 0 Å². The highest BCUT2D eigenvalue weighted by Gasteiger charge is 2.27. The lowest BCUT2D eigenvalue weighted by Crippen LogP contribution is -2.49. The third-order valence-electron chi connectivity index (χ3n) is 6.14. The molecule has 4 heterocycles. The van der Waals surface area contributed by atoms with Gasteiger partial charge in [0.05, 0.1) is 28.1 Å². The molecule has 0 bridgehead atoms. The number of hydrogen-bond donors (Lipinski definition) is 0. The normalized spacial score (nSPS) is 13.9. The van der Waals surface area contributed by atoms with Gasteiger partial charge in [-0.1, -0.05) is 30.3 Å². The monoisotopic (exact) mass is 490 g/mol. The highest BCUT2D eigenvalue weighted by atomic mass is 32.1. The van der Waals surface area contributed by atoms with E-state index in [0.717, 1.165) is 5.56 Å². The fraction of sp³-hybridized carbons (Fsp3) is 0.250. The second kappa shape index (κ2) is 9.26. The van der Waals surface area contributed by atoms with E-state index < -0.39 is 4.92 Å². The third kappa shape index (κ3) is 4.37. The molecule has 4 aromatic rings. The van der Waals surface area contributed by atoms with Crippen molar-refractivity contribution in [2.45, 2.75) is 13.5 Å². The Morgan fingerprint density at radius 1 is 1.09 bits per heavy atom. The average molecular weight is 491 g/mol. The van der Waals surface area contributed by atoms with Crippen molar-refractivity contribution < 1.29 is 9.72 Å². The van der Waals surface area contributed by atoms with Crippen LogP contribution in [0.5, 0.6) is 0 Å². The first-order valence-corrected chi connectivity index (χ1v) is 11.9. The zero-order valence-electron chi connectivity index (χ0n) is 19.0. The molecule has 0 spiro atoms. The fourth-order valence-corrected chi connectivity index (χ4v) is 5.32. The van der Waals surface area contributed by atoms with Crippen molar-refractivity contribution in [2.24, 2.45) is 0 Å². The van der Waals surface area contributed by atoms with Crippen LogP contribution in [0, 0.1) is 17.0 Å². The molecule has 1 aliphatic rings. The molecule has 1 aromatic carbocycles.